The molecule has 0 fully saturated rings. The quantitative estimate of drug-likeness (QED) is 0.691. The lowest BCUT2D eigenvalue weighted by Crippen LogP contribution is -2.34. The number of carbonyl (C=O) groups excluding carboxylic acids is 2. The van der Waals surface area contributed by atoms with Crippen molar-refractivity contribution in [3.63, 3.8) is 0 Å². The smallest absolute Gasteiger partial charge is 0.340 e. The van der Waals surface area contributed by atoms with Crippen LogP contribution in [0.2, 0.25) is 0 Å². The first-order chi connectivity index (χ1) is 9.88. The lowest BCUT2D eigenvalue weighted by molar-refractivity contribution is -0.115. The number of nitrogens with one attached hydrogen (secondary N) is 2. The first-order valence-electron chi connectivity index (χ1n) is 6.49. The lowest BCUT2D eigenvalue weighted by Gasteiger charge is -2.14. The van der Waals surface area contributed by atoms with Crippen molar-refractivity contribution in [1.82, 2.24) is 5.32 Å². The highest BCUT2D eigenvalue weighted by Gasteiger charge is 2.18. The topological polar surface area (TPSA) is 67.4 Å². The normalized spacial score (nSPS) is 11.9. The molecule has 1 aromatic carbocycles. The molecule has 0 aliphatic carbocycles. The molecule has 0 bridgehead atoms. The lowest BCUT2D eigenvalue weighted by atomic mass is 10.1. The Morgan fingerprint density at radius 1 is 1.33 bits per heavy atom. The second kappa shape index (κ2) is 8.51. The molecule has 0 radical (unpaired) electrons. The number of anilines is 1. The highest BCUT2D eigenvalue weighted by molar-refractivity contribution is 9.11. The minimum absolute atomic E-state index is 0.179. The molecule has 1 aromatic rings. The van der Waals surface area contributed by atoms with Crippen LogP contribution >= 0.6 is 31.9 Å². The molecule has 0 heterocycles. The van der Waals surface area contributed by atoms with Crippen molar-refractivity contribution in [3.8, 4) is 0 Å². The van der Waals surface area contributed by atoms with Crippen molar-refractivity contribution in [3.05, 3.63) is 26.6 Å². The van der Waals surface area contributed by atoms with Gasteiger partial charge in [-0.25, -0.2) is 4.79 Å². The summed E-state index contributed by atoms with van der Waals surface area (Å²) in [5.74, 6) is -0.731. The molecular formula is C14H18Br2N2O3. The van der Waals surface area contributed by atoms with Crippen LogP contribution in [0.4, 0.5) is 5.69 Å². The van der Waals surface area contributed by atoms with Crippen LogP contribution in [0.15, 0.2) is 21.1 Å². The summed E-state index contributed by atoms with van der Waals surface area (Å²) in [6, 6.07) is 3.61. The number of esters is 1. The Labute approximate surface area is 141 Å². The Hall–Kier alpha value is -0.920. The van der Waals surface area contributed by atoms with Gasteiger partial charge >= 0.3 is 5.97 Å². The number of ether oxygens (including phenoxy) is 1. The molecule has 1 atom stereocenters. The number of amides is 1. The van der Waals surface area contributed by atoms with E-state index in [9.17, 15) is 9.59 Å². The Bertz CT molecular complexity index is 535. The van der Waals surface area contributed by atoms with Crippen LogP contribution in [0.25, 0.3) is 0 Å². The van der Waals surface area contributed by atoms with Gasteiger partial charge in [-0.05, 0) is 41.4 Å². The van der Waals surface area contributed by atoms with E-state index in [1.54, 1.807) is 12.1 Å². The van der Waals surface area contributed by atoms with Crippen LogP contribution in [0.3, 0.4) is 0 Å². The van der Waals surface area contributed by atoms with E-state index >= 15 is 0 Å². The summed E-state index contributed by atoms with van der Waals surface area (Å²) in [6.07, 6.45) is 0.933. The molecule has 2 N–H and O–H groups in total. The second-order valence-electron chi connectivity index (χ2n) is 4.54. The van der Waals surface area contributed by atoms with Crippen LogP contribution in [0.1, 0.15) is 30.6 Å². The standard InChI is InChI=1S/C14H18Br2N2O3/c1-4-8(2)17-7-12(19)18-13-10(14(20)21-3)5-9(15)6-11(13)16/h5-6,8,17H,4,7H2,1-3H3,(H,18,19). The van der Waals surface area contributed by atoms with Crippen molar-refractivity contribution in [2.24, 2.45) is 0 Å². The molecule has 7 heteroatoms. The second-order valence-corrected chi connectivity index (χ2v) is 6.31. The van der Waals surface area contributed by atoms with Gasteiger partial charge in [0.1, 0.15) is 0 Å². The van der Waals surface area contributed by atoms with E-state index in [2.05, 4.69) is 42.5 Å². The Morgan fingerprint density at radius 3 is 2.57 bits per heavy atom. The zero-order chi connectivity index (χ0) is 16.0. The number of halogens is 2. The van der Waals surface area contributed by atoms with Gasteiger partial charge in [0.25, 0.3) is 0 Å². The molecule has 116 valence electrons. The van der Waals surface area contributed by atoms with E-state index < -0.39 is 5.97 Å². The van der Waals surface area contributed by atoms with Gasteiger partial charge < -0.3 is 15.4 Å². The van der Waals surface area contributed by atoms with Crippen molar-refractivity contribution >= 4 is 49.4 Å². The van der Waals surface area contributed by atoms with Gasteiger partial charge in [-0.3, -0.25) is 4.79 Å². The summed E-state index contributed by atoms with van der Waals surface area (Å²) < 4.78 is 6.06. The molecule has 0 aromatic heterocycles. The zero-order valence-corrected chi connectivity index (χ0v) is 15.3. The van der Waals surface area contributed by atoms with Gasteiger partial charge in [0, 0.05) is 15.0 Å². The average Bonchev–Trinajstić information content (AvgIpc) is 2.46. The summed E-state index contributed by atoms with van der Waals surface area (Å²) in [4.78, 5) is 23.8. The summed E-state index contributed by atoms with van der Waals surface area (Å²) in [5, 5.41) is 5.82. The SMILES string of the molecule is CCC(C)NCC(=O)Nc1c(Br)cc(Br)cc1C(=O)OC. The van der Waals surface area contributed by atoms with Gasteiger partial charge in [-0.1, -0.05) is 22.9 Å². The van der Waals surface area contributed by atoms with Crippen LogP contribution in [0, 0.1) is 0 Å². The molecule has 1 rings (SSSR count). The number of rotatable bonds is 6. The number of methoxy groups -OCH3 is 1. The fourth-order valence-electron chi connectivity index (χ4n) is 1.57. The maximum absolute atomic E-state index is 12.0. The predicted octanol–water partition coefficient (Wildman–Crippen LogP) is 3.32. The maximum atomic E-state index is 12.0. The minimum Gasteiger partial charge on any atom is -0.465 e. The van der Waals surface area contributed by atoms with E-state index in [1.165, 1.54) is 7.11 Å². The zero-order valence-electron chi connectivity index (χ0n) is 12.1. The van der Waals surface area contributed by atoms with Crippen molar-refractivity contribution < 1.29 is 14.3 Å². The summed E-state index contributed by atoms with van der Waals surface area (Å²) in [6.45, 7) is 4.22. The van der Waals surface area contributed by atoms with Crippen molar-refractivity contribution in [1.29, 1.82) is 0 Å². The summed E-state index contributed by atoms with van der Waals surface area (Å²) >= 11 is 6.65. The molecular weight excluding hydrogens is 404 g/mol. The van der Waals surface area contributed by atoms with Crippen LogP contribution in [-0.4, -0.2) is 31.6 Å². The van der Waals surface area contributed by atoms with Gasteiger partial charge in [0.05, 0.1) is 24.9 Å². The predicted molar refractivity (Wildman–Crippen MR) is 89.6 cm³/mol. The number of hydrogen-bond acceptors (Lipinski definition) is 4. The van der Waals surface area contributed by atoms with Crippen molar-refractivity contribution in [2.75, 3.05) is 19.0 Å². The molecule has 0 saturated carbocycles. The Balaban J connectivity index is 2.91. The van der Waals surface area contributed by atoms with Crippen molar-refractivity contribution in [2.45, 2.75) is 26.3 Å². The third-order valence-electron chi connectivity index (χ3n) is 2.95. The fraction of sp³-hybridized carbons (Fsp3) is 0.429. The number of hydrogen-bond donors (Lipinski definition) is 2. The largest absolute Gasteiger partial charge is 0.465 e. The summed E-state index contributed by atoms with van der Waals surface area (Å²) in [5.41, 5.74) is 0.691. The highest BCUT2D eigenvalue weighted by Crippen LogP contribution is 2.31. The van der Waals surface area contributed by atoms with E-state index in [-0.39, 0.29) is 24.1 Å². The fourth-order valence-corrected chi connectivity index (χ4v) is 2.89. The third kappa shape index (κ3) is 5.41. The number of carbonyl (C=O) groups is 2. The Morgan fingerprint density at radius 2 is 2.00 bits per heavy atom. The van der Waals surface area contributed by atoms with E-state index in [4.69, 9.17) is 4.74 Å². The van der Waals surface area contributed by atoms with E-state index in [0.717, 1.165) is 6.42 Å². The molecule has 0 saturated heterocycles. The van der Waals surface area contributed by atoms with Gasteiger partial charge in [-0.2, -0.15) is 0 Å². The van der Waals surface area contributed by atoms with Gasteiger partial charge in [-0.15, -0.1) is 0 Å². The van der Waals surface area contributed by atoms with Gasteiger partial charge in [0.2, 0.25) is 5.91 Å². The highest BCUT2D eigenvalue weighted by atomic mass is 79.9. The van der Waals surface area contributed by atoms with Crippen LogP contribution in [0.5, 0.6) is 0 Å². The number of benzene rings is 1. The third-order valence-corrected chi connectivity index (χ3v) is 4.03. The molecule has 1 amide bonds. The molecule has 1 unspecified atom stereocenters. The summed E-state index contributed by atoms with van der Waals surface area (Å²) in [7, 11) is 1.30. The average molecular weight is 422 g/mol. The van der Waals surface area contributed by atoms with E-state index in [1.807, 2.05) is 13.8 Å². The van der Waals surface area contributed by atoms with Crippen LogP contribution in [-0.2, 0) is 9.53 Å². The first-order valence-corrected chi connectivity index (χ1v) is 8.08. The van der Waals surface area contributed by atoms with E-state index in [0.29, 0.717) is 14.6 Å². The molecule has 0 aliphatic rings. The van der Waals surface area contributed by atoms with Crippen LogP contribution < -0.4 is 10.6 Å². The minimum atomic E-state index is -0.512. The van der Waals surface area contributed by atoms with Gasteiger partial charge in [0.15, 0.2) is 0 Å². The first kappa shape index (κ1) is 18.1. The Kier molecular flexibility index (Phi) is 7.34. The monoisotopic (exact) mass is 420 g/mol. The molecule has 0 aliphatic heterocycles. The molecule has 21 heavy (non-hydrogen) atoms. The maximum Gasteiger partial charge on any atom is 0.340 e. The molecule has 5 nitrogen and oxygen atoms in total. The molecule has 0 spiro atoms.